The average molecular weight is 367 g/mol. The van der Waals surface area contributed by atoms with E-state index >= 15 is 0 Å². The van der Waals surface area contributed by atoms with Gasteiger partial charge in [0, 0.05) is 18.4 Å². The first-order valence-electron chi connectivity index (χ1n) is 9.03. The van der Waals surface area contributed by atoms with Crippen LogP contribution < -0.4 is 5.32 Å². The molecule has 0 heterocycles. The van der Waals surface area contributed by atoms with Crippen molar-refractivity contribution in [2.75, 3.05) is 6.61 Å². The van der Waals surface area contributed by atoms with Crippen LogP contribution in [0.3, 0.4) is 0 Å². The molecule has 5 heteroatoms. The van der Waals surface area contributed by atoms with E-state index in [4.69, 9.17) is 4.74 Å². The zero-order valence-corrected chi connectivity index (χ0v) is 16.0. The normalized spacial score (nSPS) is 11.5. The molecule has 1 N–H and O–H groups in total. The Hall–Kier alpha value is -2.95. The van der Waals surface area contributed by atoms with Crippen molar-refractivity contribution in [3.63, 3.8) is 0 Å². The van der Waals surface area contributed by atoms with Crippen molar-refractivity contribution >= 4 is 17.7 Å². The molecular weight excluding hydrogens is 342 g/mol. The van der Waals surface area contributed by atoms with Crippen LogP contribution in [0.25, 0.3) is 0 Å². The van der Waals surface area contributed by atoms with Crippen LogP contribution in [0, 0.1) is 13.8 Å². The summed E-state index contributed by atoms with van der Waals surface area (Å²) in [6.07, 6.45) is 0.0904. The number of ketones is 1. The minimum atomic E-state index is -0.879. The quantitative estimate of drug-likeness (QED) is 0.570. The molecule has 1 atom stereocenters. The Kier molecular flexibility index (Phi) is 7.29. The lowest BCUT2D eigenvalue weighted by atomic mass is 10.0. The maximum absolute atomic E-state index is 12.3. The predicted molar refractivity (Wildman–Crippen MR) is 103 cm³/mol. The van der Waals surface area contributed by atoms with Crippen LogP contribution in [0.4, 0.5) is 0 Å². The fourth-order valence-electron chi connectivity index (χ4n) is 2.67. The molecule has 0 spiro atoms. The van der Waals surface area contributed by atoms with Gasteiger partial charge in [-0.05, 0) is 43.5 Å². The Labute approximate surface area is 159 Å². The zero-order valence-electron chi connectivity index (χ0n) is 16.0. The average Bonchev–Trinajstić information content (AvgIpc) is 2.67. The van der Waals surface area contributed by atoms with Crippen LogP contribution in [0.15, 0.2) is 48.5 Å². The molecule has 0 aromatic heterocycles. The molecule has 0 saturated carbocycles. The highest BCUT2D eigenvalue weighted by molar-refractivity contribution is 5.98. The third-order valence-electron chi connectivity index (χ3n) is 4.37. The molecule has 0 aliphatic carbocycles. The van der Waals surface area contributed by atoms with Crippen LogP contribution >= 0.6 is 0 Å². The Morgan fingerprint density at radius 2 is 1.67 bits per heavy atom. The molecular formula is C22H25NO4. The Balaban J connectivity index is 1.99. The third kappa shape index (κ3) is 5.78. The van der Waals surface area contributed by atoms with Crippen molar-refractivity contribution in [2.45, 2.75) is 39.7 Å². The fraction of sp³-hybridized carbons (Fsp3) is 0.318. The molecule has 0 bridgehead atoms. The molecule has 27 heavy (non-hydrogen) atoms. The van der Waals surface area contributed by atoms with Gasteiger partial charge in [-0.2, -0.15) is 0 Å². The number of esters is 1. The van der Waals surface area contributed by atoms with Gasteiger partial charge in [-0.1, -0.05) is 42.5 Å². The summed E-state index contributed by atoms with van der Waals surface area (Å²) in [5, 5.41) is 2.68. The van der Waals surface area contributed by atoms with Gasteiger partial charge in [0.25, 0.3) is 0 Å². The van der Waals surface area contributed by atoms with Crippen molar-refractivity contribution < 1.29 is 19.1 Å². The van der Waals surface area contributed by atoms with Gasteiger partial charge in [-0.15, -0.1) is 0 Å². The summed E-state index contributed by atoms with van der Waals surface area (Å²) in [4.78, 5) is 36.9. The zero-order chi connectivity index (χ0) is 19.8. The molecule has 0 fully saturated rings. The monoisotopic (exact) mass is 367 g/mol. The number of nitrogens with one attached hydrogen (secondary N) is 1. The Morgan fingerprint density at radius 3 is 2.30 bits per heavy atom. The van der Waals surface area contributed by atoms with E-state index in [0.29, 0.717) is 11.1 Å². The number of amides is 1. The van der Waals surface area contributed by atoms with Crippen LogP contribution in [0.2, 0.25) is 0 Å². The van der Waals surface area contributed by atoms with Gasteiger partial charge in [-0.25, -0.2) is 4.79 Å². The molecule has 142 valence electrons. The van der Waals surface area contributed by atoms with Gasteiger partial charge in [0.05, 0.1) is 6.61 Å². The Morgan fingerprint density at radius 1 is 0.963 bits per heavy atom. The minimum Gasteiger partial charge on any atom is -0.464 e. The van der Waals surface area contributed by atoms with Crippen molar-refractivity contribution in [3.8, 4) is 0 Å². The summed E-state index contributed by atoms with van der Waals surface area (Å²) in [7, 11) is 0. The van der Waals surface area contributed by atoms with Crippen molar-refractivity contribution in [3.05, 3.63) is 70.8 Å². The van der Waals surface area contributed by atoms with Crippen molar-refractivity contribution in [2.24, 2.45) is 0 Å². The fourth-order valence-corrected chi connectivity index (χ4v) is 2.67. The first-order chi connectivity index (χ1) is 12.9. The van der Waals surface area contributed by atoms with E-state index in [2.05, 4.69) is 5.32 Å². The molecule has 5 nitrogen and oxygen atoms in total. The summed E-state index contributed by atoms with van der Waals surface area (Å²) in [5.74, 6) is -0.979. The van der Waals surface area contributed by atoms with Crippen LogP contribution in [-0.4, -0.2) is 24.3 Å². The highest BCUT2D eigenvalue weighted by atomic mass is 16.5. The van der Waals surface area contributed by atoms with E-state index in [1.807, 2.05) is 32.0 Å². The summed E-state index contributed by atoms with van der Waals surface area (Å²) in [6, 6.07) is 13.5. The number of carbonyl (C=O) groups is 3. The van der Waals surface area contributed by atoms with E-state index in [1.165, 1.54) is 0 Å². The summed E-state index contributed by atoms with van der Waals surface area (Å²) in [5.41, 5.74) is 3.39. The van der Waals surface area contributed by atoms with Gasteiger partial charge in [-0.3, -0.25) is 9.59 Å². The smallest absolute Gasteiger partial charge is 0.333 e. The standard InChI is InChI=1S/C22H25NO4/c1-4-27-22(26)21(17-8-6-5-7-9-17)23-20(25)13-12-19(24)18-11-10-15(2)16(3)14-18/h5-11,14,21H,4,12-13H2,1-3H3,(H,23,25). The minimum absolute atomic E-state index is 0.00843. The maximum atomic E-state index is 12.3. The van der Waals surface area contributed by atoms with Gasteiger partial charge in [0.2, 0.25) is 5.91 Å². The summed E-state index contributed by atoms with van der Waals surface area (Å²) in [6.45, 7) is 5.87. The number of rotatable bonds is 8. The highest BCUT2D eigenvalue weighted by Crippen LogP contribution is 2.16. The van der Waals surface area contributed by atoms with E-state index in [-0.39, 0.29) is 31.1 Å². The van der Waals surface area contributed by atoms with E-state index < -0.39 is 12.0 Å². The number of benzene rings is 2. The number of hydrogen-bond donors (Lipinski definition) is 1. The molecule has 1 amide bonds. The van der Waals surface area contributed by atoms with Crippen LogP contribution in [-0.2, 0) is 14.3 Å². The third-order valence-corrected chi connectivity index (χ3v) is 4.37. The number of carbonyl (C=O) groups excluding carboxylic acids is 3. The second-order valence-corrected chi connectivity index (χ2v) is 6.39. The van der Waals surface area contributed by atoms with Gasteiger partial charge in [0.15, 0.2) is 11.8 Å². The number of aryl methyl sites for hydroxylation is 2. The molecule has 1 unspecified atom stereocenters. The van der Waals surface area contributed by atoms with Gasteiger partial charge >= 0.3 is 5.97 Å². The topological polar surface area (TPSA) is 72.5 Å². The highest BCUT2D eigenvalue weighted by Gasteiger charge is 2.24. The number of ether oxygens (including phenoxy) is 1. The van der Waals surface area contributed by atoms with E-state index in [1.54, 1.807) is 37.3 Å². The SMILES string of the molecule is CCOC(=O)C(NC(=O)CCC(=O)c1ccc(C)c(C)c1)c1ccccc1. The second kappa shape index (κ2) is 9.67. The lowest BCUT2D eigenvalue weighted by Crippen LogP contribution is -2.35. The van der Waals surface area contributed by atoms with E-state index in [0.717, 1.165) is 11.1 Å². The molecule has 2 aromatic carbocycles. The van der Waals surface area contributed by atoms with Crippen LogP contribution in [0.5, 0.6) is 0 Å². The number of hydrogen-bond acceptors (Lipinski definition) is 4. The van der Waals surface area contributed by atoms with Crippen molar-refractivity contribution in [1.82, 2.24) is 5.32 Å². The summed E-state index contributed by atoms with van der Waals surface area (Å²) >= 11 is 0. The van der Waals surface area contributed by atoms with Crippen molar-refractivity contribution in [1.29, 1.82) is 0 Å². The molecule has 2 aromatic rings. The van der Waals surface area contributed by atoms with Gasteiger partial charge in [0.1, 0.15) is 0 Å². The predicted octanol–water partition coefficient (Wildman–Crippen LogP) is 3.69. The van der Waals surface area contributed by atoms with E-state index in [9.17, 15) is 14.4 Å². The summed E-state index contributed by atoms with van der Waals surface area (Å²) < 4.78 is 5.06. The molecule has 0 aliphatic heterocycles. The molecule has 0 saturated heterocycles. The lowest BCUT2D eigenvalue weighted by molar-refractivity contribution is -0.147. The Bertz CT molecular complexity index is 814. The first kappa shape index (κ1) is 20.4. The second-order valence-electron chi connectivity index (χ2n) is 6.39. The number of Topliss-reactive ketones (excluding diaryl/α,β-unsaturated/α-hetero) is 1. The van der Waals surface area contributed by atoms with Gasteiger partial charge < -0.3 is 10.1 Å². The molecule has 0 radical (unpaired) electrons. The molecule has 2 rings (SSSR count). The lowest BCUT2D eigenvalue weighted by Gasteiger charge is -2.17. The molecule has 0 aliphatic rings. The largest absolute Gasteiger partial charge is 0.464 e. The first-order valence-corrected chi connectivity index (χ1v) is 9.03. The maximum Gasteiger partial charge on any atom is 0.333 e. The van der Waals surface area contributed by atoms with Crippen LogP contribution in [0.1, 0.15) is 52.9 Å².